The van der Waals surface area contributed by atoms with Gasteiger partial charge in [0, 0.05) is 10.9 Å². The average Bonchev–Trinajstić information content (AvgIpc) is 3.15. The summed E-state index contributed by atoms with van der Waals surface area (Å²) in [5, 5.41) is 5.05. The monoisotopic (exact) mass is 299 g/mol. The summed E-state index contributed by atoms with van der Waals surface area (Å²) in [6.45, 7) is 2.07. The number of carbonyl (C=O) groups is 1. The van der Waals surface area contributed by atoms with E-state index in [4.69, 9.17) is 4.42 Å². The lowest BCUT2D eigenvalue weighted by atomic mass is 10.2. The summed E-state index contributed by atoms with van der Waals surface area (Å²) in [6, 6.07) is 9.76. The van der Waals surface area contributed by atoms with Gasteiger partial charge in [-0.15, -0.1) is 11.3 Å². The fourth-order valence-corrected chi connectivity index (χ4v) is 2.58. The molecule has 1 N–H and O–H groups in total. The largest absolute Gasteiger partial charge is 0.444 e. The topological polar surface area (TPSA) is 68.0 Å². The van der Waals surface area contributed by atoms with Crippen LogP contribution in [0.1, 0.15) is 21.5 Å². The molecule has 3 aromatic rings. The standard InChI is InChI=1S/C15H13N3O2S/c1-10-7-16-13(20-10)8-17-14(19)15-18-12(9-21-15)11-5-3-2-4-6-11/h2-7,9H,8H2,1H3,(H,17,19). The first-order valence-corrected chi connectivity index (χ1v) is 7.31. The molecule has 0 saturated heterocycles. The molecular formula is C15H13N3O2S. The van der Waals surface area contributed by atoms with Crippen LogP contribution in [0.3, 0.4) is 0 Å². The molecule has 2 heterocycles. The Hall–Kier alpha value is -2.47. The Balaban J connectivity index is 1.67. The molecule has 0 radical (unpaired) electrons. The van der Waals surface area contributed by atoms with E-state index in [1.807, 2.05) is 42.6 Å². The predicted molar refractivity (Wildman–Crippen MR) is 80.0 cm³/mol. The highest BCUT2D eigenvalue weighted by Gasteiger charge is 2.12. The van der Waals surface area contributed by atoms with Crippen LogP contribution in [-0.2, 0) is 6.54 Å². The lowest BCUT2D eigenvalue weighted by Crippen LogP contribution is -2.22. The summed E-state index contributed by atoms with van der Waals surface area (Å²) in [6.07, 6.45) is 1.62. The van der Waals surface area contributed by atoms with E-state index in [1.165, 1.54) is 11.3 Å². The molecule has 0 aliphatic rings. The van der Waals surface area contributed by atoms with E-state index in [2.05, 4.69) is 15.3 Å². The third kappa shape index (κ3) is 3.17. The third-order valence-corrected chi connectivity index (χ3v) is 3.68. The second kappa shape index (κ2) is 5.88. The van der Waals surface area contributed by atoms with E-state index < -0.39 is 0 Å². The number of nitrogens with zero attached hydrogens (tertiary/aromatic N) is 2. The van der Waals surface area contributed by atoms with Gasteiger partial charge in [0.2, 0.25) is 5.89 Å². The Labute approximate surface area is 125 Å². The van der Waals surface area contributed by atoms with Crippen LogP contribution < -0.4 is 5.32 Å². The van der Waals surface area contributed by atoms with Crippen LogP contribution in [0.2, 0.25) is 0 Å². The van der Waals surface area contributed by atoms with E-state index in [0.717, 1.165) is 17.0 Å². The molecule has 1 amide bonds. The van der Waals surface area contributed by atoms with Crippen molar-refractivity contribution in [3.8, 4) is 11.3 Å². The maximum atomic E-state index is 12.0. The maximum Gasteiger partial charge on any atom is 0.280 e. The number of oxazole rings is 1. The van der Waals surface area contributed by atoms with Crippen LogP contribution in [0.15, 0.2) is 46.3 Å². The number of hydrogen-bond donors (Lipinski definition) is 1. The Morgan fingerprint density at radius 2 is 2.14 bits per heavy atom. The van der Waals surface area contributed by atoms with Crippen LogP contribution in [0.4, 0.5) is 0 Å². The lowest BCUT2D eigenvalue weighted by molar-refractivity contribution is 0.0947. The summed E-state index contributed by atoms with van der Waals surface area (Å²) < 4.78 is 5.30. The minimum atomic E-state index is -0.224. The predicted octanol–water partition coefficient (Wildman–Crippen LogP) is 3.04. The molecule has 21 heavy (non-hydrogen) atoms. The second-order valence-corrected chi connectivity index (χ2v) is 5.31. The van der Waals surface area contributed by atoms with Crippen LogP contribution in [-0.4, -0.2) is 15.9 Å². The van der Waals surface area contributed by atoms with Crippen molar-refractivity contribution < 1.29 is 9.21 Å². The van der Waals surface area contributed by atoms with Gasteiger partial charge in [0.05, 0.1) is 18.4 Å². The lowest BCUT2D eigenvalue weighted by Gasteiger charge is -1.99. The van der Waals surface area contributed by atoms with Crippen LogP contribution >= 0.6 is 11.3 Å². The molecule has 0 aliphatic carbocycles. The molecule has 106 valence electrons. The van der Waals surface area contributed by atoms with E-state index in [0.29, 0.717) is 10.9 Å². The first-order valence-electron chi connectivity index (χ1n) is 6.43. The number of benzene rings is 1. The fraction of sp³-hybridized carbons (Fsp3) is 0.133. The minimum Gasteiger partial charge on any atom is -0.444 e. The van der Waals surface area contributed by atoms with Gasteiger partial charge in [-0.1, -0.05) is 30.3 Å². The number of aryl methyl sites for hydroxylation is 1. The molecule has 0 bridgehead atoms. The molecular weight excluding hydrogens is 286 g/mol. The number of nitrogens with one attached hydrogen (secondary N) is 1. The molecule has 2 aromatic heterocycles. The average molecular weight is 299 g/mol. The van der Waals surface area contributed by atoms with Gasteiger partial charge in [-0.3, -0.25) is 4.79 Å². The first kappa shape index (κ1) is 13.5. The van der Waals surface area contributed by atoms with E-state index in [-0.39, 0.29) is 12.5 Å². The SMILES string of the molecule is Cc1cnc(CNC(=O)c2nc(-c3ccccc3)cs2)o1. The quantitative estimate of drug-likeness (QED) is 0.804. The number of amides is 1. The van der Waals surface area contributed by atoms with Crippen molar-refractivity contribution >= 4 is 17.2 Å². The second-order valence-electron chi connectivity index (χ2n) is 4.45. The summed E-state index contributed by atoms with van der Waals surface area (Å²) in [7, 11) is 0. The van der Waals surface area contributed by atoms with Crippen molar-refractivity contribution in [1.29, 1.82) is 0 Å². The van der Waals surface area contributed by atoms with Gasteiger partial charge in [0.1, 0.15) is 5.76 Å². The highest BCUT2D eigenvalue weighted by atomic mass is 32.1. The van der Waals surface area contributed by atoms with Gasteiger partial charge in [-0.25, -0.2) is 9.97 Å². The zero-order valence-corrected chi connectivity index (χ0v) is 12.2. The van der Waals surface area contributed by atoms with E-state index >= 15 is 0 Å². The highest BCUT2D eigenvalue weighted by Crippen LogP contribution is 2.21. The van der Waals surface area contributed by atoms with Crippen molar-refractivity contribution in [3.05, 3.63) is 58.6 Å². The summed E-state index contributed by atoms with van der Waals surface area (Å²) >= 11 is 1.32. The van der Waals surface area contributed by atoms with Gasteiger partial charge >= 0.3 is 0 Å². The van der Waals surface area contributed by atoms with Crippen molar-refractivity contribution in [3.63, 3.8) is 0 Å². The van der Waals surface area contributed by atoms with Crippen molar-refractivity contribution in [2.45, 2.75) is 13.5 Å². The summed E-state index contributed by atoms with van der Waals surface area (Å²) in [4.78, 5) is 20.4. The van der Waals surface area contributed by atoms with Crippen molar-refractivity contribution in [2.75, 3.05) is 0 Å². The van der Waals surface area contributed by atoms with Gasteiger partial charge in [0.25, 0.3) is 5.91 Å². The van der Waals surface area contributed by atoms with E-state index in [1.54, 1.807) is 6.20 Å². The molecule has 1 aromatic carbocycles. The maximum absolute atomic E-state index is 12.0. The summed E-state index contributed by atoms with van der Waals surface area (Å²) in [5.74, 6) is 0.985. The Kier molecular flexibility index (Phi) is 3.79. The molecule has 5 nitrogen and oxygen atoms in total. The van der Waals surface area contributed by atoms with Gasteiger partial charge < -0.3 is 9.73 Å². The smallest absolute Gasteiger partial charge is 0.280 e. The molecule has 0 atom stereocenters. The third-order valence-electron chi connectivity index (χ3n) is 2.84. The zero-order chi connectivity index (χ0) is 14.7. The molecule has 3 rings (SSSR count). The van der Waals surface area contributed by atoms with Crippen molar-refractivity contribution in [1.82, 2.24) is 15.3 Å². The number of thiazole rings is 1. The number of hydrogen-bond acceptors (Lipinski definition) is 5. The minimum absolute atomic E-state index is 0.224. The fourth-order valence-electron chi connectivity index (χ4n) is 1.83. The van der Waals surface area contributed by atoms with Crippen molar-refractivity contribution in [2.24, 2.45) is 0 Å². The van der Waals surface area contributed by atoms with Gasteiger partial charge in [0.15, 0.2) is 5.01 Å². The Bertz CT molecular complexity index is 749. The molecule has 0 fully saturated rings. The first-order chi connectivity index (χ1) is 10.2. The molecule has 0 aliphatic heterocycles. The van der Waals surface area contributed by atoms with Crippen LogP contribution in [0.25, 0.3) is 11.3 Å². The molecule has 6 heteroatoms. The highest BCUT2D eigenvalue weighted by molar-refractivity contribution is 7.12. The van der Waals surface area contributed by atoms with Gasteiger partial charge in [-0.2, -0.15) is 0 Å². The van der Waals surface area contributed by atoms with Crippen LogP contribution in [0.5, 0.6) is 0 Å². The molecule has 0 spiro atoms. The summed E-state index contributed by atoms with van der Waals surface area (Å²) in [5.41, 5.74) is 1.80. The normalized spacial score (nSPS) is 10.5. The number of carbonyl (C=O) groups excluding carboxylic acids is 1. The van der Waals surface area contributed by atoms with Crippen LogP contribution in [0, 0.1) is 6.92 Å². The molecule has 0 saturated carbocycles. The molecule has 0 unspecified atom stereocenters. The Morgan fingerprint density at radius 1 is 1.33 bits per heavy atom. The zero-order valence-electron chi connectivity index (χ0n) is 11.4. The van der Waals surface area contributed by atoms with E-state index in [9.17, 15) is 4.79 Å². The number of rotatable bonds is 4. The Morgan fingerprint density at radius 3 is 2.86 bits per heavy atom. The number of aromatic nitrogens is 2. The van der Waals surface area contributed by atoms with Gasteiger partial charge in [-0.05, 0) is 6.92 Å².